The lowest BCUT2D eigenvalue weighted by Gasteiger charge is -2.14. The maximum absolute atomic E-state index is 12.7. The average molecular weight is 461 g/mol. The van der Waals surface area contributed by atoms with Crippen molar-refractivity contribution in [2.24, 2.45) is 0 Å². The van der Waals surface area contributed by atoms with Gasteiger partial charge in [-0.15, -0.1) is 0 Å². The number of carbonyl (C=O) groups is 2. The van der Waals surface area contributed by atoms with Crippen LogP contribution in [-0.2, 0) is 4.74 Å². The summed E-state index contributed by atoms with van der Waals surface area (Å²) in [6.07, 6.45) is 3.03. The summed E-state index contributed by atoms with van der Waals surface area (Å²) in [7, 11) is 0. The molecule has 0 aromatic heterocycles. The number of carbonyl (C=O) groups excluding carboxylic acids is 2. The Morgan fingerprint density at radius 3 is 2.76 bits per heavy atom. The molecule has 1 unspecified atom stereocenters. The van der Waals surface area contributed by atoms with E-state index in [1.54, 1.807) is 42.5 Å². The molecule has 2 aromatic carbocycles. The lowest BCUT2D eigenvalue weighted by molar-refractivity contribution is 0.0677. The molecular formula is C22H25BrN2O4. The summed E-state index contributed by atoms with van der Waals surface area (Å²) in [6.45, 7) is 3.85. The topological polar surface area (TPSA) is 76.7 Å². The fourth-order valence-electron chi connectivity index (χ4n) is 3.04. The highest BCUT2D eigenvalue weighted by Crippen LogP contribution is 2.27. The Labute approximate surface area is 179 Å². The number of hydrogen-bond donors (Lipinski definition) is 2. The number of anilines is 1. The molecule has 1 atom stereocenters. The van der Waals surface area contributed by atoms with Crippen LogP contribution < -0.4 is 15.4 Å². The molecule has 2 aromatic rings. The number of halogens is 1. The van der Waals surface area contributed by atoms with Crippen molar-refractivity contribution < 1.29 is 19.1 Å². The molecule has 2 N–H and O–H groups in total. The molecule has 0 spiro atoms. The molecule has 29 heavy (non-hydrogen) atoms. The predicted molar refractivity (Wildman–Crippen MR) is 116 cm³/mol. The lowest BCUT2D eigenvalue weighted by Crippen LogP contribution is -2.25. The van der Waals surface area contributed by atoms with Crippen LogP contribution in [0.25, 0.3) is 0 Å². The molecule has 154 valence electrons. The van der Waals surface area contributed by atoms with Crippen molar-refractivity contribution in [3.05, 3.63) is 58.1 Å². The van der Waals surface area contributed by atoms with E-state index in [-0.39, 0.29) is 17.9 Å². The van der Waals surface area contributed by atoms with Crippen LogP contribution in [0.1, 0.15) is 46.9 Å². The maximum atomic E-state index is 12.7. The van der Waals surface area contributed by atoms with Crippen LogP contribution in [0.2, 0.25) is 0 Å². The van der Waals surface area contributed by atoms with E-state index in [4.69, 9.17) is 9.47 Å². The highest BCUT2D eigenvalue weighted by atomic mass is 79.9. The Hall–Kier alpha value is -2.38. The van der Waals surface area contributed by atoms with Gasteiger partial charge in [0.1, 0.15) is 12.4 Å². The molecule has 2 amide bonds. The summed E-state index contributed by atoms with van der Waals surface area (Å²) in [5.74, 6) is 0.158. The van der Waals surface area contributed by atoms with Gasteiger partial charge in [-0.2, -0.15) is 0 Å². The first-order chi connectivity index (χ1) is 14.1. The Morgan fingerprint density at radius 1 is 1.21 bits per heavy atom. The third kappa shape index (κ3) is 5.81. The van der Waals surface area contributed by atoms with Gasteiger partial charge in [-0.1, -0.05) is 19.1 Å². The monoisotopic (exact) mass is 460 g/mol. The minimum atomic E-state index is -0.299. The summed E-state index contributed by atoms with van der Waals surface area (Å²) < 4.78 is 12.1. The lowest BCUT2D eigenvalue weighted by atomic mass is 10.1. The Kier molecular flexibility index (Phi) is 7.66. The van der Waals surface area contributed by atoms with Crippen molar-refractivity contribution in [1.29, 1.82) is 0 Å². The number of ether oxygens (including phenoxy) is 2. The SMILES string of the molecule is CCCNC(=O)c1ccccc1NC(=O)c1ccc(OCC2CCCO2)c(Br)c1. The molecule has 6 nitrogen and oxygen atoms in total. The van der Waals surface area contributed by atoms with Crippen molar-refractivity contribution in [3.63, 3.8) is 0 Å². The third-order valence-corrected chi connectivity index (χ3v) is 5.22. The van der Waals surface area contributed by atoms with Crippen molar-refractivity contribution in [3.8, 4) is 5.75 Å². The quantitative estimate of drug-likeness (QED) is 0.611. The third-order valence-electron chi connectivity index (χ3n) is 4.60. The van der Waals surface area contributed by atoms with Crippen LogP contribution in [0, 0.1) is 0 Å². The molecule has 1 aliphatic heterocycles. The molecule has 0 radical (unpaired) electrons. The molecular weight excluding hydrogens is 436 g/mol. The van der Waals surface area contributed by atoms with E-state index in [0.29, 0.717) is 40.2 Å². The van der Waals surface area contributed by atoms with Crippen LogP contribution in [0.15, 0.2) is 46.9 Å². The van der Waals surface area contributed by atoms with Gasteiger partial charge in [0.25, 0.3) is 11.8 Å². The molecule has 3 rings (SSSR count). The second-order valence-corrected chi connectivity index (χ2v) is 7.70. The van der Waals surface area contributed by atoms with Gasteiger partial charge < -0.3 is 20.1 Å². The minimum absolute atomic E-state index is 0.125. The van der Waals surface area contributed by atoms with Crippen LogP contribution in [0.4, 0.5) is 5.69 Å². The summed E-state index contributed by atoms with van der Waals surface area (Å²) in [5.41, 5.74) is 1.37. The van der Waals surface area contributed by atoms with Crippen molar-refractivity contribution >= 4 is 33.4 Å². The zero-order valence-electron chi connectivity index (χ0n) is 16.4. The molecule has 0 bridgehead atoms. The van der Waals surface area contributed by atoms with Gasteiger partial charge in [0.15, 0.2) is 0 Å². The molecule has 0 saturated carbocycles. The van der Waals surface area contributed by atoms with Gasteiger partial charge in [0.2, 0.25) is 0 Å². The van der Waals surface area contributed by atoms with E-state index >= 15 is 0 Å². The molecule has 1 saturated heterocycles. The van der Waals surface area contributed by atoms with Crippen LogP contribution >= 0.6 is 15.9 Å². The fourth-order valence-corrected chi connectivity index (χ4v) is 3.53. The van der Waals surface area contributed by atoms with Crippen molar-refractivity contribution in [1.82, 2.24) is 5.32 Å². The fraction of sp³-hybridized carbons (Fsp3) is 0.364. The van der Waals surface area contributed by atoms with Gasteiger partial charge in [-0.25, -0.2) is 0 Å². The Bertz CT molecular complexity index is 866. The number of amides is 2. The predicted octanol–water partition coefficient (Wildman–Crippen LogP) is 4.40. The first-order valence-corrected chi connectivity index (χ1v) is 10.6. The summed E-state index contributed by atoms with van der Waals surface area (Å²) in [5, 5.41) is 5.66. The normalized spacial score (nSPS) is 15.7. The van der Waals surface area contributed by atoms with Crippen LogP contribution in [0.3, 0.4) is 0 Å². The molecule has 1 heterocycles. The molecule has 1 aliphatic rings. The van der Waals surface area contributed by atoms with E-state index in [2.05, 4.69) is 26.6 Å². The highest BCUT2D eigenvalue weighted by Gasteiger charge is 2.18. The molecule has 0 aliphatic carbocycles. The van der Waals surface area contributed by atoms with Gasteiger partial charge in [-0.3, -0.25) is 9.59 Å². The highest BCUT2D eigenvalue weighted by molar-refractivity contribution is 9.10. The largest absolute Gasteiger partial charge is 0.490 e. The van der Waals surface area contributed by atoms with Crippen molar-refractivity contribution in [2.45, 2.75) is 32.3 Å². The van der Waals surface area contributed by atoms with Crippen molar-refractivity contribution in [2.75, 3.05) is 25.1 Å². The summed E-state index contributed by atoms with van der Waals surface area (Å²) in [4.78, 5) is 25.0. The van der Waals surface area contributed by atoms with Gasteiger partial charge in [0.05, 0.1) is 21.8 Å². The number of rotatable bonds is 8. The second kappa shape index (κ2) is 10.4. The molecule has 1 fully saturated rings. The minimum Gasteiger partial charge on any atom is -0.490 e. The second-order valence-electron chi connectivity index (χ2n) is 6.85. The number of hydrogen-bond acceptors (Lipinski definition) is 4. The van der Waals surface area contributed by atoms with E-state index in [1.807, 2.05) is 6.92 Å². The van der Waals surface area contributed by atoms with E-state index in [1.165, 1.54) is 0 Å². The first-order valence-electron chi connectivity index (χ1n) is 9.81. The van der Waals surface area contributed by atoms with Crippen LogP contribution in [-0.4, -0.2) is 37.7 Å². The number of nitrogens with one attached hydrogen (secondary N) is 2. The summed E-state index contributed by atoms with van der Waals surface area (Å²) >= 11 is 3.47. The average Bonchev–Trinajstić information content (AvgIpc) is 3.25. The van der Waals surface area contributed by atoms with Gasteiger partial charge in [-0.05, 0) is 65.5 Å². The maximum Gasteiger partial charge on any atom is 0.255 e. The number of para-hydroxylation sites is 1. The molecule has 7 heteroatoms. The Balaban J connectivity index is 1.66. The van der Waals surface area contributed by atoms with Crippen LogP contribution in [0.5, 0.6) is 5.75 Å². The van der Waals surface area contributed by atoms with E-state index in [9.17, 15) is 9.59 Å². The zero-order chi connectivity index (χ0) is 20.6. The van der Waals surface area contributed by atoms with Gasteiger partial charge >= 0.3 is 0 Å². The zero-order valence-corrected chi connectivity index (χ0v) is 18.0. The standard InChI is InChI=1S/C22H25BrN2O4/c1-2-11-24-22(27)17-7-3-4-8-19(17)25-21(26)15-9-10-20(18(23)13-15)29-14-16-6-5-12-28-16/h3-4,7-10,13,16H,2,5-6,11-12,14H2,1H3,(H,24,27)(H,25,26). The van der Waals surface area contributed by atoms with E-state index < -0.39 is 0 Å². The smallest absolute Gasteiger partial charge is 0.255 e. The number of benzene rings is 2. The Morgan fingerprint density at radius 2 is 2.03 bits per heavy atom. The van der Waals surface area contributed by atoms with Gasteiger partial charge in [0, 0.05) is 18.7 Å². The first kappa shape index (κ1) is 21.3. The summed E-state index contributed by atoms with van der Waals surface area (Å²) in [6, 6.07) is 12.1. The van der Waals surface area contributed by atoms with E-state index in [0.717, 1.165) is 25.9 Å².